The van der Waals surface area contributed by atoms with Gasteiger partial charge in [-0.2, -0.15) is 0 Å². The van der Waals surface area contributed by atoms with Gasteiger partial charge in [-0.25, -0.2) is 13.9 Å². The highest BCUT2D eigenvalue weighted by molar-refractivity contribution is 7.91. The number of nitrogens with one attached hydrogen (secondary N) is 1. The summed E-state index contributed by atoms with van der Waals surface area (Å²) in [5.74, 6) is 1.10. The molecule has 28 heavy (non-hydrogen) atoms. The van der Waals surface area contributed by atoms with Gasteiger partial charge >= 0.3 is 0 Å². The van der Waals surface area contributed by atoms with Gasteiger partial charge in [-0.1, -0.05) is 12.2 Å². The number of hydroxylamine groups is 1. The van der Waals surface area contributed by atoms with Crippen LogP contribution in [0.15, 0.2) is 53.7 Å². The second-order valence-electron chi connectivity index (χ2n) is 6.33. The van der Waals surface area contributed by atoms with Crippen molar-refractivity contribution in [3.8, 4) is 11.5 Å². The molecule has 1 aromatic heterocycles. The zero-order valence-electron chi connectivity index (χ0n) is 15.3. The van der Waals surface area contributed by atoms with E-state index in [9.17, 15) is 8.42 Å². The summed E-state index contributed by atoms with van der Waals surface area (Å²) in [6, 6.07) is 9.03. The van der Waals surface area contributed by atoms with E-state index in [1.165, 1.54) is 16.4 Å². The lowest BCUT2D eigenvalue weighted by Crippen LogP contribution is -2.59. The van der Waals surface area contributed by atoms with Gasteiger partial charge in [0.1, 0.15) is 22.6 Å². The number of pyridine rings is 1. The van der Waals surface area contributed by atoms with E-state index in [0.717, 1.165) is 0 Å². The minimum Gasteiger partial charge on any atom is -0.457 e. The summed E-state index contributed by atoms with van der Waals surface area (Å²) in [4.78, 5) is 4.11. The summed E-state index contributed by atoms with van der Waals surface area (Å²) in [6.07, 6.45) is 2.09. The average molecular weight is 424 g/mol. The standard InChI is InChI=1S/C18H21N3O5S2/c1-12-13(2)25-17(11-20-22)18(27)21(12)28(23,24)16-5-3-14(4-6-16)26-15-7-9-19-10-8-15/h3-10,12-13,17,20,22H,11H2,1-2H3. The Bertz CT molecular complexity index is 922. The van der Waals surface area contributed by atoms with Crippen molar-refractivity contribution in [1.29, 1.82) is 0 Å². The van der Waals surface area contributed by atoms with E-state index in [1.54, 1.807) is 50.5 Å². The Morgan fingerprint density at radius 3 is 2.39 bits per heavy atom. The first-order valence-electron chi connectivity index (χ1n) is 8.63. The topological polar surface area (TPSA) is 101 Å². The van der Waals surface area contributed by atoms with E-state index in [4.69, 9.17) is 26.9 Å². The molecule has 3 atom stereocenters. The predicted molar refractivity (Wildman–Crippen MR) is 106 cm³/mol. The molecule has 0 radical (unpaired) electrons. The molecule has 2 aromatic rings. The average Bonchev–Trinajstić information content (AvgIpc) is 2.67. The lowest BCUT2D eigenvalue weighted by Gasteiger charge is -2.42. The smallest absolute Gasteiger partial charge is 0.265 e. The van der Waals surface area contributed by atoms with E-state index in [1.807, 2.05) is 5.48 Å². The molecular formula is C18H21N3O5S2. The Labute approximate surface area is 169 Å². The molecule has 0 bridgehead atoms. The molecule has 10 heteroatoms. The molecule has 1 saturated heterocycles. The number of ether oxygens (including phenoxy) is 2. The number of sulfonamides is 1. The number of thiocarbonyl (C=S) groups is 1. The molecule has 8 nitrogen and oxygen atoms in total. The maximum Gasteiger partial charge on any atom is 0.265 e. The van der Waals surface area contributed by atoms with Crippen LogP contribution < -0.4 is 10.2 Å². The highest BCUT2D eigenvalue weighted by atomic mass is 32.2. The Kier molecular flexibility index (Phi) is 6.26. The largest absolute Gasteiger partial charge is 0.457 e. The maximum atomic E-state index is 13.2. The monoisotopic (exact) mass is 423 g/mol. The molecule has 2 N–H and O–H groups in total. The molecule has 1 aliphatic heterocycles. The van der Waals surface area contributed by atoms with Gasteiger partial charge in [-0.15, -0.1) is 0 Å². The lowest BCUT2D eigenvalue weighted by atomic mass is 10.1. The second kappa shape index (κ2) is 8.50. The van der Waals surface area contributed by atoms with Crippen LogP contribution in [-0.2, 0) is 14.8 Å². The number of hydrogen-bond donors (Lipinski definition) is 2. The van der Waals surface area contributed by atoms with E-state index in [0.29, 0.717) is 11.5 Å². The number of rotatable bonds is 6. The van der Waals surface area contributed by atoms with E-state index in [2.05, 4.69) is 4.98 Å². The highest BCUT2D eigenvalue weighted by Gasteiger charge is 2.42. The zero-order chi connectivity index (χ0) is 20.3. The summed E-state index contributed by atoms with van der Waals surface area (Å²) in [7, 11) is -3.90. The van der Waals surface area contributed by atoms with Crippen molar-refractivity contribution < 1.29 is 23.1 Å². The van der Waals surface area contributed by atoms with Crippen LogP contribution in [0.1, 0.15) is 13.8 Å². The zero-order valence-corrected chi connectivity index (χ0v) is 17.0. The van der Waals surface area contributed by atoms with Gasteiger partial charge in [-0.05, 0) is 50.2 Å². The van der Waals surface area contributed by atoms with Gasteiger partial charge in [0.25, 0.3) is 10.0 Å². The lowest BCUT2D eigenvalue weighted by molar-refractivity contribution is -0.0302. The third-order valence-corrected chi connectivity index (χ3v) is 6.95. The van der Waals surface area contributed by atoms with Gasteiger partial charge in [0, 0.05) is 12.4 Å². The van der Waals surface area contributed by atoms with Crippen molar-refractivity contribution in [2.24, 2.45) is 0 Å². The number of nitrogens with zero attached hydrogens (tertiary/aromatic N) is 2. The van der Waals surface area contributed by atoms with Crippen molar-refractivity contribution in [2.45, 2.75) is 37.0 Å². The molecule has 3 rings (SSSR count). The fourth-order valence-corrected chi connectivity index (χ4v) is 5.13. The fourth-order valence-electron chi connectivity index (χ4n) is 2.86. The Hall–Kier alpha value is -2.11. The van der Waals surface area contributed by atoms with Crippen LogP contribution in [0, 0.1) is 0 Å². The van der Waals surface area contributed by atoms with E-state index in [-0.39, 0.29) is 16.4 Å². The molecule has 1 aliphatic rings. The minimum absolute atomic E-state index is 0.000619. The van der Waals surface area contributed by atoms with Crippen LogP contribution in [0.4, 0.5) is 0 Å². The molecule has 0 aliphatic carbocycles. The molecule has 0 spiro atoms. The third kappa shape index (κ3) is 4.15. The van der Waals surface area contributed by atoms with Gasteiger partial charge in [0.05, 0.1) is 23.6 Å². The van der Waals surface area contributed by atoms with Crippen molar-refractivity contribution >= 4 is 27.2 Å². The first kappa shape index (κ1) is 20.6. The van der Waals surface area contributed by atoms with Crippen LogP contribution >= 0.6 is 12.2 Å². The van der Waals surface area contributed by atoms with Crippen molar-refractivity contribution in [3.63, 3.8) is 0 Å². The molecular weight excluding hydrogens is 402 g/mol. The van der Waals surface area contributed by atoms with Gasteiger partial charge in [-0.3, -0.25) is 9.29 Å². The first-order chi connectivity index (χ1) is 13.3. The fraction of sp³-hybridized carbons (Fsp3) is 0.333. The predicted octanol–water partition coefficient (Wildman–Crippen LogP) is 2.35. The molecule has 2 heterocycles. The Morgan fingerprint density at radius 2 is 1.79 bits per heavy atom. The van der Waals surface area contributed by atoms with Crippen molar-refractivity contribution in [3.05, 3.63) is 48.8 Å². The summed E-state index contributed by atoms with van der Waals surface area (Å²) in [6.45, 7) is 3.50. The molecule has 1 aromatic carbocycles. The van der Waals surface area contributed by atoms with Crippen LogP contribution in [-0.4, -0.2) is 52.7 Å². The number of hydrogen-bond acceptors (Lipinski definition) is 8. The molecule has 3 unspecified atom stereocenters. The van der Waals surface area contributed by atoms with Gasteiger partial charge < -0.3 is 14.7 Å². The first-order valence-corrected chi connectivity index (χ1v) is 10.5. The SMILES string of the molecule is CC1OC(CNO)C(=S)N(S(=O)(=O)c2ccc(Oc3ccncc3)cc2)C1C. The normalized spacial score (nSPS) is 22.9. The van der Waals surface area contributed by atoms with Crippen molar-refractivity contribution in [2.75, 3.05) is 6.54 Å². The van der Waals surface area contributed by atoms with Crippen LogP contribution in [0.2, 0.25) is 0 Å². The van der Waals surface area contributed by atoms with Crippen LogP contribution in [0.3, 0.4) is 0 Å². The maximum absolute atomic E-state index is 13.2. The summed E-state index contributed by atoms with van der Waals surface area (Å²) in [5, 5.41) is 8.97. The molecule has 1 fully saturated rings. The van der Waals surface area contributed by atoms with Gasteiger partial charge in [0.2, 0.25) is 0 Å². The molecule has 150 valence electrons. The summed E-state index contributed by atoms with van der Waals surface area (Å²) < 4.78 is 39.0. The van der Waals surface area contributed by atoms with E-state index >= 15 is 0 Å². The van der Waals surface area contributed by atoms with E-state index < -0.39 is 28.3 Å². The quantitative estimate of drug-likeness (QED) is 0.539. The highest BCUT2D eigenvalue weighted by Crippen LogP contribution is 2.29. The van der Waals surface area contributed by atoms with Gasteiger partial charge in [0.15, 0.2) is 0 Å². The van der Waals surface area contributed by atoms with Crippen LogP contribution in [0.25, 0.3) is 0 Å². The molecule has 0 saturated carbocycles. The Balaban J connectivity index is 1.85. The van der Waals surface area contributed by atoms with Crippen LogP contribution in [0.5, 0.6) is 11.5 Å². The number of aromatic nitrogens is 1. The minimum atomic E-state index is -3.90. The number of benzene rings is 1. The number of morpholine rings is 1. The van der Waals surface area contributed by atoms with Crippen molar-refractivity contribution in [1.82, 2.24) is 14.8 Å². The second-order valence-corrected chi connectivity index (χ2v) is 8.56. The summed E-state index contributed by atoms with van der Waals surface area (Å²) >= 11 is 5.34. The third-order valence-electron chi connectivity index (χ3n) is 4.46. The molecule has 0 amide bonds. The Morgan fingerprint density at radius 1 is 1.18 bits per heavy atom. The summed E-state index contributed by atoms with van der Waals surface area (Å²) in [5.41, 5.74) is 1.99.